The third-order valence-electron chi connectivity index (χ3n) is 9.82. The topological polar surface area (TPSA) is 139 Å². The summed E-state index contributed by atoms with van der Waals surface area (Å²) in [4.78, 5) is 12.1. The van der Waals surface area contributed by atoms with Gasteiger partial charge in [-0.2, -0.15) is 0 Å². The van der Waals surface area contributed by atoms with Gasteiger partial charge in [0.05, 0.1) is 43.1 Å². The average Bonchev–Trinajstić information content (AvgIpc) is 3.83. The first-order valence-corrected chi connectivity index (χ1v) is 17.7. The average molecular weight is 693 g/mol. The van der Waals surface area contributed by atoms with E-state index < -0.39 is 0 Å². The summed E-state index contributed by atoms with van der Waals surface area (Å²) in [7, 11) is 1.70. The Morgan fingerprint density at radius 1 is 0.939 bits per heavy atom. The third kappa shape index (κ3) is 7.98. The molecule has 0 radical (unpaired) electrons. The number of benzene rings is 1. The zero-order valence-electron chi connectivity index (χ0n) is 28.3. The molecule has 3 fully saturated rings. The number of nitrogens with one attached hydrogen (secondary N) is 1. The number of morpholine rings is 1. The molecule has 1 saturated carbocycles. The molecule has 1 aromatic carbocycles. The lowest BCUT2D eigenvalue weighted by atomic mass is 9.89. The highest BCUT2D eigenvalue weighted by Crippen LogP contribution is 2.40. The summed E-state index contributed by atoms with van der Waals surface area (Å²) in [6.07, 6.45) is 14.6. The van der Waals surface area contributed by atoms with Crippen LogP contribution in [-0.2, 0) is 16.0 Å². The van der Waals surface area contributed by atoms with Crippen LogP contribution in [0.4, 0.5) is 11.6 Å². The second kappa shape index (κ2) is 15.4. The van der Waals surface area contributed by atoms with Crippen LogP contribution < -0.4 is 14.8 Å². The van der Waals surface area contributed by atoms with Gasteiger partial charge in [-0.3, -0.25) is 9.58 Å². The lowest BCUT2D eigenvalue weighted by Crippen LogP contribution is -2.52. The van der Waals surface area contributed by atoms with E-state index in [1.54, 1.807) is 30.5 Å². The highest BCUT2D eigenvalue weighted by Gasteiger charge is 2.42. The molecule has 0 amide bonds. The van der Waals surface area contributed by atoms with Crippen LogP contribution >= 0.6 is 11.6 Å². The highest BCUT2D eigenvalue weighted by molar-refractivity contribution is 6.32. The summed E-state index contributed by atoms with van der Waals surface area (Å²) < 4.78 is 27.3. The van der Waals surface area contributed by atoms with Gasteiger partial charge in [-0.15, -0.1) is 10.2 Å². The fourth-order valence-electron chi connectivity index (χ4n) is 7.36. The van der Waals surface area contributed by atoms with Crippen LogP contribution in [0.1, 0.15) is 64.8 Å². The zero-order valence-corrected chi connectivity index (χ0v) is 29.1. The van der Waals surface area contributed by atoms with E-state index in [-0.39, 0.29) is 12.2 Å². The first-order valence-electron chi connectivity index (χ1n) is 17.3. The maximum atomic E-state index is 6.47. The van der Waals surface area contributed by atoms with Crippen LogP contribution in [0.5, 0.6) is 11.6 Å². The Bertz CT molecular complexity index is 1630. The number of anilines is 2. The predicted octanol–water partition coefficient (Wildman–Crippen LogP) is 5.34. The molecule has 15 heteroatoms. The van der Waals surface area contributed by atoms with Gasteiger partial charge in [-0.25, -0.2) is 14.6 Å². The van der Waals surface area contributed by atoms with E-state index in [9.17, 15) is 0 Å². The van der Waals surface area contributed by atoms with Crippen LogP contribution in [0.15, 0.2) is 43.1 Å². The van der Waals surface area contributed by atoms with E-state index >= 15 is 0 Å². The molecular weight excluding hydrogens is 648 g/mol. The van der Waals surface area contributed by atoms with Gasteiger partial charge in [0.15, 0.2) is 0 Å². The van der Waals surface area contributed by atoms with Crippen molar-refractivity contribution in [2.45, 2.75) is 102 Å². The monoisotopic (exact) mass is 692 g/mol. The van der Waals surface area contributed by atoms with Crippen LogP contribution in [0, 0.1) is 0 Å². The minimum atomic E-state index is -0.205. The second-order valence-electron chi connectivity index (χ2n) is 13.4. The number of fused-ring (bicyclic) bond motifs is 2. The highest BCUT2D eigenvalue weighted by atomic mass is 35.5. The van der Waals surface area contributed by atoms with E-state index in [2.05, 4.69) is 40.4 Å². The molecule has 262 valence electrons. The van der Waals surface area contributed by atoms with Crippen molar-refractivity contribution < 1.29 is 18.9 Å². The lowest BCUT2D eigenvalue weighted by molar-refractivity contribution is -0.0458. The maximum Gasteiger partial charge on any atom is 0.257 e. The maximum absolute atomic E-state index is 6.47. The van der Waals surface area contributed by atoms with E-state index in [1.807, 2.05) is 38.2 Å². The standard InChI is InChI=1S/C34H45ClN10O4/c1-22(12-13-46-3)49-33-31(18-44(40-33)26-5-7-27(8-6-26)45-28-9-10-29(45)20-47-19-28)39-34-36-15-25(16-37-34)24-4-11-30(35)32(14-24)48-23(2)17-43-21-38-41-42-43/h4,11,14-16,18,21-23,26-29H,5-10,12-13,17,19-20H2,1-3H3,(H,36,37,39)/t22?,23-,26?,27?,28-,29+/m0/s1. The number of nitrogens with zero attached hydrogens (tertiary/aromatic N) is 9. The molecule has 7 rings (SSSR count). The summed E-state index contributed by atoms with van der Waals surface area (Å²) in [5.41, 5.74) is 2.44. The summed E-state index contributed by atoms with van der Waals surface area (Å²) in [6, 6.07) is 7.74. The molecule has 3 aliphatic rings. The number of halogens is 1. The number of hydrogen-bond donors (Lipinski definition) is 1. The molecule has 49 heavy (non-hydrogen) atoms. The Balaban J connectivity index is 1.03. The van der Waals surface area contributed by atoms with Crippen LogP contribution in [-0.4, -0.2) is 102 Å². The van der Waals surface area contributed by atoms with Gasteiger partial charge in [-0.05, 0) is 80.5 Å². The third-order valence-corrected chi connectivity index (χ3v) is 10.1. The van der Waals surface area contributed by atoms with Gasteiger partial charge in [0.2, 0.25) is 5.95 Å². The van der Waals surface area contributed by atoms with Crippen molar-refractivity contribution in [3.63, 3.8) is 0 Å². The Labute approximate surface area is 291 Å². The molecule has 3 aromatic heterocycles. The number of tetrazole rings is 1. The van der Waals surface area contributed by atoms with E-state index in [0.29, 0.717) is 59.9 Å². The Hall–Kier alpha value is -3.85. The quantitative estimate of drug-likeness (QED) is 0.182. The molecule has 14 nitrogen and oxygen atoms in total. The molecule has 4 atom stereocenters. The van der Waals surface area contributed by atoms with Crippen molar-refractivity contribution in [1.82, 2.24) is 44.9 Å². The van der Waals surface area contributed by atoms with Gasteiger partial charge < -0.3 is 24.3 Å². The lowest BCUT2D eigenvalue weighted by Gasteiger charge is -2.43. The van der Waals surface area contributed by atoms with E-state index in [4.69, 9.17) is 35.6 Å². The van der Waals surface area contributed by atoms with E-state index in [1.165, 1.54) is 25.7 Å². The molecule has 5 heterocycles. The van der Waals surface area contributed by atoms with Crippen LogP contribution in [0.2, 0.25) is 5.02 Å². The number of methoxy groups -OCH3 is 1. The number of hydrogen-bond acceptors (Lipinski definition) is 12. The summed E-state index contributed by atoms with van der Waals surface area (Å²) in [5.74, 6) is 1.55. The van der Waals surface area contributed by atoms with Gasteiger partial charge in [0.1, 0.15) is 23.9 Å². The number of aromatic nitrogens is 8. The van der Waals surface area contributed by atoms with Crippen LogP contribution in [0.25, 0.3) is 11.1 Å². The molecule has 1 aliphatic carbocycles. The molecule has 0 spiro atoms. The largest absolute Gasteiger partial charge is 0.487 e. The second-order valence-corrected chi connectivity index (χ2v) is 13.8. The van der Waals surface area contributed by atoms with Gasteiger partial charge >= 0.3 is 0 Å². The van der Waals surface area contributed by atoms with Crippen LogP contribution in [0.3, 0.4) is 0 Å². The molecule has 1 N–H and O–H groups in total. The predicted molar refractivity (Wildman–Crippen MR) is 183 cm³/mol. The van der Waals surface area contributed by atoms with Crippen molar-refractivity contribution in [3.8, 4) is 22.8 Å². The molecule has 2 saturated heterocycles. The van der Waals surface area contributed by atoms with Crippen molar-refractivity contribution in [2.24, 2.45) is 0 Å². The van der Waals surface area contributed by atoms with Crippen molar-refractivity contribution in [2.75, 3.05) is 32.2 Å². The normalized spacial score (nSPS) is 23.7. The fourth-order valence-corrected chi connectivity index (χ4v) is 7.52. The minimum absolute atomic E-state index is 0.0726. The summed E-state index contributed by atoms with van der Waals surface area (Å²) in [5, 5.41) is 20.1. The van der Waals surface area contributed by atoms with Gasteiger partial charge in [0, 0.05) is 56.2 Å². The Morgan fingerprint density at radius 2 is 1.67 bits per heavy atom. The minimum Gasteiger partial charge on any atom is -0.487 e. The summed E-state index contributed by atoms with van der Waals surface area (Å²) >= 11 is 6.47. The number of ether oxygens (including phenoxy) is 4. The molecular formula is C34H45ClN10O4. The fraction of sp³-hybridized carbons (Fsp3) is 0.588. The Morgan fingerprint density at radius 3 is 2.39 bits per heavy atom. The molecule has 1 unspecified atom stereocenters. The molecule has 2 aliphatic heterocycles. The SMILES string of the molecule is COCCC(C)Oc1nn(C2CCC(N3[C@@H]4CC[C@H]3COC4)CC2)cc1Nc1ncc(-c2ccc(Cl)c(O[C@@H](C)Cn3cnnn3)c2)cn1. The number of rotatable bonds is 14. The van der Waals surface area contributed by atoms with Crippen molar-refractivity contribution in [1.29, 1.82) is 0 Å². The molecule has 4 aromatic rings. The van der Waals surface area contributed by atoms with Crippen molar-refractivity contribution >= 4 is 23.2 Å². The molecule has 2 bridgehead atoms. The zero-order chi connectivity index (χ0) is 33.7. The van der Waals surface area contributed by atoms with Crippen molar-refractivity contribution in [3.05, 3.63) is 48.1 Å². The first-order chi connectivity index (χ1) is 23.9. The van der Waals surface area contributed by atoms with E-state index in [0.717, 1.165) is 49.3 Å². The van der Waals surface area contributed by atoms with Gasteiger partial charge in [0.25, 0.3) is 5.88 Å². The smallest absolute Gasteiger partial charge is 0.257 e. The van der Waals surface area contributed by atoms with Gasteiger partial charge in [-0.1, -0.05) is 17.7 Å². The Kier molecular flexibility index (Phi) is 10.5. The first kappa shape index (κ1) is 33.6. The summed E-state index contributed by atoms with van der Waals surface area (Å²) in [6.45, 7) is 6.83.